The van der Waals surface area contributed by atoms with Gasteiger partial charge in [0.15, 0.2) is 11.6 Å². The number of benzene rings is 1. The van der Waals surface area contributed by atoms with Crippen LogP contribution in [0.3, 0.4) is 0 Å². The van der Waals surface area contributed by atoms with E-state index in [0.29, 0.717) is 24.0 Å². The van der Waals surface area contributed by atoms with Gasteiger partial charge in [-0.05, 0) is 31.2 Å². The molecule has 0 aliphatic heterocycles. The summed E-state index contributed by atoms with van der Waals surface area (Å²) >= 11 is 0. The molecule has 7 heteroatoms. The Morgan fingerprint density at radius 2 is 1.96 bits per heavy atom. The van der Waals surface area contributed by atoms with E-state index in [1.807, 2.05) is 13.0 Å². The Bertz CT molecular complexity index is 806. The highest BCUT2D eigenvalue weighted by atomic mass is 19.2. The van der Waals surface area contributed by atoms with Gasteiger partial charge in [0, 0.05) is 23.5 Å². The highest BCUT2D eigenvalue weighted by Crippen LogP contribution is 2.19. The molecule has 0 saturated carbocycles. The summed E-state index contributed by atoms with van der Waals surface area (Å²) in [6.45, 7) is 2.26. The summed E-state index contributed by atoms with van der Waals surface area (Å²) in [6.07, 6.45) is 1.59. The highest BCUT2D eigenvalue weighted by Gasteiger charge is 2.06. The van der Waals surface area contributed by atoms with Crippen molar-refractivity contribution in [2.24, 2.45) is 0 Å². The lowest BCUT2D eigenvalue weighted by Crippen LogP contribution is -2.06. The van der Waals surface area contributed by atoms with E-state index in [2.05, 4.69) is 20.6 Å². The minimum absolute atomic E-state index is 0.402. The van der Waals surface area contributed by atoms with Crippen LogP contribution in [0.2, 0.25) is 0 Å². The van der Waals surface area contributed by atoms with E-state index in [1.54, 1.807) is 18.4 Å². The lowest BCUT2D eigenvalue weighted by atomic mass is 10.3. The van der Waals surface area contributed by atoms with Gasteiger partial charge >= 0.3 is 0 Å². The maximum Gasteiger partial charge on any atom is 0.225 e. The van der Waals surface area contributed by atoms with Crippen molar-refractivity contribution in [2.45, 2.75) is 13.5 Å². The maximum atomic E-state index is 13.2. The van der Waals surface area contributed by atoms with Crippen molar-refractivity contribution in [2.75, 3.05) is 10.6 Å². The molecule has 0 saturated heterocycles. The SMILES string of the molecule is Cc1cc(Nc2ccc(F)c(F)c2)nc(NCc2ccco2)n1. The molecule has 0 radical (unpaired) electrons. The topological polar surface area (TPSA) is 63.0 Å². The zero-order valence-corrected chi connectivity index (χ0v) is 12.3. The van der Waals surface area contributed by atoms with Gasteiger partial charge in [-0.15, -0.1) is 0 Å². The molecule has 0 spiro atoms. The van der Waals surface area contributed by atoms with E-state index in [1.165, 1.54) is 6.07 Å². The second-order valence-electron chi connectivity index (χ2n) is 4.90. The molecule has 1 aromatic carbocycles. The van der Waals surface area contributed by atoms with Gasteiger partial charge in [-0.1, -0.05) is 0 Å². The predicted octanol–water partition coefficient (Wildman–Crippen LogP) is 4.01. The van der Waals surface area contributed by atoms with Gasteiger partial charge in [-0.2, -0.15) is 4.98 Å². The summed E-state index contributed by atoms with van der Waals surface area (Å²) < 4.78 is 31.4. The molecular weight excluding hydrogens is 302 g/mol. The van der Waals surface area contributed by atoms with Gasteiger partial charge in [0.25, 0.3) is 0 Å². The van der Waals surface area contributed by atoms with Crippen molar-refractivity contribution in [3.05, 3.63) is 65.7 Å². The van der Waals surface area contributed by atoms with Gasteiger partial charge < -0.3 is 15.1 Å². The third kappa shape index (κ3) is 3.82. The molecule has 2 N–H and O–H groups in total. The molecule has 0 fully saturated rings. The van der Waals surface area contributed by atoms with E-state index in [4.69, 9.17) is 4.42 Å². The Morgan fingerprint density at radius 1 is 1.09 bits per heavy atom. The molecule has 0 amide bonds. The van der Waals surface area contributed by atoms with Crippen LogP contribution >= 0.6 is 0 Å². The summed E-state index contributed by atoms with van der Waals surface area (Å²) in [4.78, 5) is 8.56. The van der Waals surface area contributed by atoms with E-state index >= 15 is 0 Å². The van der Waals surface area contributed by atoms with Crippen molar-refractivity contribution in [1.82, 2.24) is 9.97 Å². The number of halogens is 2. The van der Waals surface area contributed by atoms with Crippen LogP contribution in [0.25, 0.3) is 0 Å². The second kappa shape index (κ2) is 6.43. The van der Waals surface area contributed by atoms with Gasteiger partial charge in [-0.3, -0.25) is 0 Å². The Kier molecular flexibility index (Phi) is 4.18. The van der Waals surface area contributed by atoms with Gasteiger partial charge in [0.05, 0.1) is 12.8 Å². The monoisotopic (exact) mass is 316 g/mol. The fourth-order valence-electron chi connectivity index (χ4n) is 2.01. The third-order valence-corrected chi connectivity index (χ3v) is 3.05. The average molecular weight is 316 g/mol. The van der Waals surface area contributed by atoms with Crippen LogP contribution in [0.15, 0.2) is 47.1 Å². The molecule has 0 aliphatic carbocycles. The zero-order chi connectivity index (χ0) is 16.2. The number of nitrogens with zero attached hydrogens (tertiary/aromatic N) is 2. The molecule has 0 aliphatic rings. The fraction of sp³-hybridized carbons (Fsp3) is 0.125. The second-order valence-corrected chi connectivity index (χ2v) is 4.90. The van der Waals surface area contributed by atoms with Crippen LogP contribution < -0.4 is 10.6 Å². The lowest BCUT2D eigenvalue weighted by Gasteiger charge is -2.09. The number of anilines is 3. The zero-order valence-electron chi connectivity index (χ0n) is 12.3. The number of aromatic nitrogens is 2. The molecule has 5 nitrogen and oxygen atoms in total. The van der Waals surface area contributed by atoms with Crippen molar-refractivity contribution >= 4 is 17.5 Å². The molecule has 0 unspecified atom stereocenters. The Labute approximate surface area is 131 Å². The number of rotatable bonds is 5. The predicted molar refractivity (Wildman–Crippen MR) is 82.4 cm³/mol. The Morgan fingerprint density at radius 3 is 2.70 bits per heavy atom. The number of hydrogen-bond donors (Lipinski definition) is 2. The molecule has 0 bridgehead atoms. The van der Waals surface area contributed by atoms with Gasteiger partial charge in [-0.25, -0.2) is 13.8 Å². The summed E-state index contributed by atoms with van der Waals surface area (Å²) in [5.41, 5.74) is 1.13. The Hall–Kier alpha value is -2.96. The van der Waals surface area contributed by atoms with Gasteiger partial charge in [0.1, 0.15) is 11.6 Å². The summed E-state index contributed by atoms with van der Waals surface area (Å²) in [5, 5.41) is 5.97. The van der Waals surface area contributed by atoms with Crippen molar-refractivity contribution < 1.29 is 13.2 Å². The molecule has 3 rings (SSSR count). The Balaban J connectivity index is 1.75. The van der Waals surface area contributed by atoms with Crippen LogP contribution in [0, 0.1) is 18.6 Å². The maximum absolute atomic E-state index is 13.2. The summed E-state index contributed by atoms with van der Waals surface area (Å²) in [5.74, 6) is -0.172. The number of aryl methyl sites for hydroxylation is 1. The molecule has 2 aromatic heterocycles. The molecule has 3 aromatic rings. The number of hydrogen-bond acceptors (Lipinski definition) is 5. The first-order chi connectivity index (χ1) is 11.1. The first-order valence-electron chi connectivity index (χ1n) is 6.94. The van der Waals surface area contributed by atoms with Crippen LogP contribution in [-0.2, 0) is 6.54 Å². The number of furan rings is 1. The third-order valence-electron chi connectivity index (χ3n) is 3.05. The van der Waals surface area contributed by atoms with Crippen molar-refractivity contribution in [3.8, 4) is 0 Å². The minimum atomic E-state index is -0.919. The molecular formula is C16H14F2N4O. The average Bonchev–Trinajstić information content (AvgIpc) is 3.02. The van der Waals surface area contributed by atoms with Crippen LogP contribution in [0.5, 0.6) is 0 Å². The number of nitrogens with one attached hydrogen (secondary N) is 2. The van der Waals surface area contributed by atoms with Gasteiger partial charge in [0.2, 0.25) is 5.95 Å². The molecule has 23 heavy (non-hydrogen) atoms. The highest BCUT2D eigenvalue weighted by molar-refractivity contribution is 5.57. The largest absolute Gasteiger partial charge is 0.467 e. The fourth-order valence-corrected chi connectivity index (χ4v) is 2.01. The van der Waals surface area contributed by atoms with Crippen molar-refractivity contribution in [1.29, 1.82) is 0 Å². The molecule has 0 atom stereocenters. The summed E-state index contributed by atoms with van der Waals surface area (Å²) in [6, 6.07) is 8.91. The smallest absolute Gasteiger partial charge is 0.225 e. The van der Waals surface area contributed by atoms with E-state index < -0.39 is 11.6 Å². The van der Waals surface area contributed by atoms with E-state index in [0.717, 1.165) is 23.6 Å². The van der Waals surface area contributed by atoms with Crippen LogP contribution in [0.4, 0.5) is 26.2 Å². The van der Waals surface area contributed by atoms with E-state index in [9.17, 15) is 8.78 Å². The first kappa shape index (κ1) is 15.0. The molecule has 2 heterocycles. The standard InChI is InChI=1S/C16H14F2N4O/c1-10-7-15(21-11-4-5-13(17)14(18)8-11)22-16(20-10)19-9-12-3-2-6-23-12/h2-8H,9H2,1H3,(H2,19,20,21,22). The van der Waals surface area contributed by atoms with Crippen LogP contribution in [0.1, 0.15) is 11.5 Å². The quantitative estimate of drug-likeness (QED) is 0.744. The molecule has 118 valence electrons. The minimum Gasteiger partial charge on any atom is -0.467 e. The summed E-state index contributed by atoms with van der Waals surface area (Å²) in [7, 11) is 0. The normalized spacial score (nSPS) is 10.6. The van der Waals surface area contributed by atoms with Crippen molar-refractivity contribution in [3.63, 3.8) is 0 Å². The lowest BCUT2D eigenvalue weighted by molar-refractivity contribution is 0.509. The first-order valence-corrected chi connectivity index (χ1v) is 6.94. The van der Waals surface area contributed by atoms with Crippen LogP contribution in [-0.4, -0.2) is 9.97 Å². The van der Waals surface area contributed by atoms with E-state index in [-0.39, 0.29) is 0 Å².